The van der Waals surface area contributed by atoms with Gasteiger partial charge in [-0.05, 0) is 68.3 Å². The Morgan fingerprint density at radius 2 is 1.84 bits per heavy atom. The third kappa shape index (κ3) is 2.67. The topological polar surface area (TPSA) is 44.1 Å². The Bertz CT molecular complexity index is 701. The van der Waals surface area contributed by atoms with E-state index in [-0.39, 0.29) is 10.8 Å². The number of nitriles is 1. The van der Waals surface area contributed by atoms with Crippen LogP contribution in [0.25, 0.3) is 0 Å². The average Bonchev–Trinajstić information content (AvgIpc) is 2.58. The third-order valence-electron chi connectivity index (χ3n) is 7.08. The van der Waals surface area contributed by atoms with Crippen LogP contribution in [0.15, 0.2) is 24.3 Å². The summed E-state index contributed by atoms with van der Waals surface area (Å²) < 4.78 is 0. The van der Waals surface area contributed by atoms with Crippen LogP contribution in [0.4, 0.5) is 0 Å². The number of rotatable bonds is 4. The fourth-order valence-corrected chi connectivity index (χ4v) is 6.48. The van der Waals surface area contributed by atoms with E-state index in [4.69, 9.17) is 5.26 Å². The molecule has 0 spiro atoms. The highest BCUT2D eigenvalue weighted by atomic mass is 16.2. The van der Waals surface area contributed by atoms with Gasteiger partial charge in [-0.3, -0.25) is 4.79 Å². The first-order chi connectivity index (χ1) is 12.0. The van der Waals surface area contributed by atoms with Crippen molar-refractivity contribution in [3.63, 3.8) is 0 Å². The lowest BCUT2D eigenvalue weighted by Crippen LogP contribution is -2.59. The van der Waals surface area contributed by atoms with Gasteiger partial charge in [0.25, 0.3) is 0 Å². The summed E-state index contributed by atoms with van der Waals surface area (Å²) in [7, 11) is 1.89. The Balaban J connectivity index is 1.66. The highest BCUT2D eigenvalue weighted by Crippen LogP contribution is 2.66. The molecule has 0 saturated heterocycles. The van der Waals surface area contributed by atoms with Crippen molar-refractivity contribution in [1.82, 2.24) is 4.90 Å². The molecule has 0 aromatic heterocycles. The van der Waals surface area contributed by atoms with E-state index in [0.717, 1.165) is 19.3 Å². The summed E-state index contributed by atoms with van der Waals surface area (Å²) in [6.07, 6.45) is 7.37. The first-order valence-corrected chi connectivity index (χ1v) is 9.66. The molecule has 2 unspecified atom stereocenters. The third-order valence-corrected chi connectivity index (χ3v) is 7.08. The molecule has 25 heavy (non-hydrogen) atoms. The van der Waals surface area contributed by atoms with Crippen molar-refractivity contribution >= 4 is 5.91 Å². The molecule has 0 aliphatic heterocycles. The number of carbonyl (C=O) groups excluding carboxylic acids is 1. The fourth-order valence-electron chi connectivity index (χ4n) is 6.48. The molecule has 4 fully saturated rings. The van der Waals surface area contributed by atoms with Gasteiger partial charge in [0.1, 0.15) is 0 Å². The largest absolute Gasteiger partial charge is 0.344 e. The molecule has 0 N–H and O–H groups in total. The Morgan fingerprint density at radius 3 is 2.44 bits per heavy atom. The van der Waals surface area contributed by atoms with Crippen LogP contribution in [-0.4, -0.2) is 24.4 Å². The van der Waals surface area contributed by atoms with Gasteiger partial charge in [0, 0.05) is 13.6 Å². The van der Waals surface area contributed by atoms with Crippen molar-refractivity contribution in [2.45, 2.75) is 57.3 Å². The summed E-state index contributed by atoms with van der Waals surface area (Å²) in [5, 5.41) is 8.86. The normalized spacial score (nSPS) is 35.4. The molecule has 1 aromatic rings. The van der Waals surface area contributed by atoms with E-state index in [1.165, 1.54) is 30.4 Å². The summed E-state index contributed by atoms with van der Waals surface area (Å²) in [6, 6.07) is 11.2. The summed E-state index contributed by atoms with van der Waals surface area (Å²) in [4.78, 5) is 15.2. The van der Waals surface area contributed by atoms with Crippen molar-refractivity contribution in [1.29, 1.82) is 5.26 Å². The molecule has 0 radical (unpaired) electrons. The first-order valence-electron chi connectivity index (χ1n) is 9.66. The Morgan fingerprint density at radius 1 is 1.20 bits per heavy atom. The molecule has 3 heteroatoms. The number of aryl methyl sites for hydroxylation is 1. The molecular weight excluding hydrogens is 308 g/mol. The van der Waals surface area contributed by atoms with Crippen molar-refractivity contribution < 1.29 is 4.79 Å². The number of benzene rings is 1. The van der Waals surface area contributed by atoms with Gasteiger partial charge in [-0.1, -0.05) is 29.8 Å². The summed E-state index contributed by atoms with van der Waals surface area (Å²) in [5.74, 6) is 1.68. The lowest BCUT2D eigenvalue weighted by atomic mass is 9.42. The monoisotopic (exact) mass is 336 g/mol. The zero-order valence-corrected chi connectivity index (χ0v) is 15.4. The van der Waals surface area contributed by atoms with Crippen LogP contribution in [0, 0.1) is 35.5 Å². The van der Waals surface area contributed by atoms with E-state index < -0.39 is 0 Å². The van der Waals surface area contributed by atoms with Crippen LogP contribution < -0.4 is 0 Å². The van der Waals surface area contributed by atoms with Crippen molar-refractivity contribution in [2.24, 2.45) is 17.3 Å². The number of nitrogens with zero attached hydrogens (tertiary/aromatic N) is 2. The van der Waals surface area contributed by atoms with E-state index in [1.807, 2.05) is 11.9 Å². The minimum atomic E-state index is -0.181. The van der Waals surface area contributed by atoms with Crippen LogP contribution >= 0.6 is 0 Å². The van der Waals surface area contributed by atoms with Gasteiger partial charge in [0.15, 0.2) is 0 Å². The number of carbonyl (C=O) groups is 1. The molecule has 4 saturated carbocycles. The fraction of sp³-hybridized carbons (Fsp3) is 0.636. The van der Waals surface area contributed by atoms with Crippen molar-refractivity contribution in [3.8, 4) is 6.07 Å². The molecule has 2 atom stereocenters. The summed E-state index contributed by atoms with van der Waals surface area (Å²) in [5.41, 5.74) is 2.77. The lowest BCUT2D eigenvalue weighted by molar-refractivity contribution is -0.158. The Hall–Kier alpha value is -1.82. The Labute approximate surface area is 151 Å². The van der Waals surface area contributed by atoms with Crippen LogP contribution in [0.1, 0.15) is 56.1 Å². The quantitative estimate of drug-likeness (QED) is 0.827. The highest BCUT2D eigenvalue weighted by Gasteiger charge is 2.61. The molecule has 5 rings (SSSR count). The minimum absolute atomic E-state index is 0.181. The van der Waals surface area contributed by atoms with Gasteiger partial charge in [0.2, 0.25) is 5.91 Å². The van der Waals surface area contributed by atoms with Gasteiger partial charge in [-0.2, -0.15) is 5.26 Å². The maximum Gasteiger partial charge on any atom is 0.228 e. The maximum atomic E-state index is 13.3. The second kappa shape index (κ2) is 5.87. The predicted molar refractivity (Wildman–Crippen MR) is 97.8 cm³/mol. The zero-order valence-electron chi connectivity index (χ0n) is 15.4. The minimum Gasteiger partial charge on any atom is -0.344 e. The molecule has 1 aromatic carbocycles. The second-order valence-electron chi connectivity index (χ2n) is 9.02. The van der Waals surface area contributed by atoms with Crippen LogP contribution in [0.5, 0.6) is 0 Å². The predicted octanol–water partition coefficient (Wildman–Crippen LogP) is 4.21. The van der Waals surface area contributed by atoms with Crippen LogP contribution in [0.3, 0.4) is 0 Å². The van der Waals surface area contributed by atoms with E-state index in [9.17, 15) is 4.79 Å². The molecule has 3 nitrogen and oxygen atoms in total. The van der Waals surface area contributed by atoms with Crippen molar-refractivity contribution in [3.05, 3.63) is 35.4 Å². The van der Waals surface area contributed by atoms with E-state index in [0.29, 0.717) is 30.7 Å². The average molecular weight is 336 g/mol. The second-order valence-corrected chi connectivity index (χ2v) is 9.02. The summed E-state index contributed by atoms with van der Waals surface area (Å²) >= 11 is 0. The number of amides is 1. The number of hydrogen-bond donors (Lipinski definition) is 0. The van der Waals surface area contributed by atoms with Gasteiger partial charge >= 0.3 is 0 Å². The van der Waals surface area contributed by atoms with Gasteiger partial charge in [-0.25, -0.2) is 0 Å². The standard InChI is InChI=1S/C22H28N2O/c1-16-4-6-19(7-5-16)21-11-17-10-18(12-21)14-22(13-17,15-21)20(25)24(2)9-3-8-23/h4-7,17-18H,3,9-15H2,1-2H3. The van der Waals surface area contributed by atoms with Crippen LogP contribution in [0.2, 0.25) is 0 Å². The van der Waals surface area contributed by atoms with Crippen molar-refractivity contribution in [2.75, 3.05) is 13.6 Å². The van der Waals surface area contributed by atoms with Gasteiger partial charge < -0.3 is 4.90 Å². The highest BCUT2D eigenvalue weighted by molar-refractivity contribution is 5.83. The van der Waals surface area contributed by atoms with Gasteiger partial charge in [0.05, 0.1) is 17.9 Å². The molecule has 1 amide bonds. The SMILES string of the molecule is Cc1ccc(C23CC4CC(CC(C(=O)N(C)CCC#N)(C4)C2)C3)cc1. The molecule has 4 aliphatic rings. The molecule has 4 aliphatic carbocycles. The zero-order chi connectivity index (χ0) is 17.7. The molecule has 0 heterocycles. The van der Waals surface area contributed by atoms with Crippen LogP contribution in [-0.2, 0) is 10.2 Å². The van der Waals surface area contributed by atoms with E-state index in [1.54, 1.807) is 0 Å². The molecule has 132 valence electrons. The Kier molecular flexibility index (Phi) is 3.90. The van der Waals surface area contributed by atoms with E-state index in [2.05, 4.69) is 37.3 Å². The molecular formula is C22H28N2O. The maximum absolute atomic E-state index is 13.3. The molecule has 4 bridgehead atoms. The lowest BCUT2D eigenvalue weighted by Gasteiger charge is -2.62. The number of hydrogen-bond acceptors (Lipinski definition) is 2. The smallest absolute Gasteiger partial charge is 0.228 e. The summed E-state index contributed by atoms with van der Waals surface area (Å²) in [6.45, 7) is 2.70. The van der Waals surface area contributed by atoms with Gasteiger partial charge in [-0.15, -0.1) is 0 Å². The van der Waals surface area contributed by atoms with E-state index >= 15 is 0 Å². The first kappa shape index (κ1) is 16.6.